The van der Waals surface area contributed by atoms with E-state index in [-0.39, 0.29) is 33.9 Å². The van der Waals surface area contributed by atoms with E-state index in [0.717, 1.165) is 88.7 Å². The molecule has 2 aliphatic heterocycles. The topological polar surface area (TPSA) is 185 Å². The molecule has 344 valence electrons. The molecule has 1 spiro atoms. The number of anilines is 2. The molecule has 5 heterocycles. The number of ether oxygens (including phenoxy) is 2. The predicted molar refractivity (Wildman–Crippen MR) is 250 cm³/mol. The predicted octanol–water partition coefficient (Wildman–Crippen LogP) is 9.35. The van der Waals surface area contributed by atoms with Crippen LogP contribution in [0.15, 0.2) is 84.1 Å². The van der Waals surface area contributed by atoms with E-state index in [1.807, 2.05) is 12.1 Å². The number of aromatic amines is 1. The van der Waals surface area contributed by atoms with Crippen LogP contribution in [0.4, 0.5) is 17.2 Å². The summed E-state index contributed by atoms with van der Waals surface area (Å²) in [5.74, 6) is -0.323. The Balaban J connectivity index is 0.898. The summed E-state index contributed by atoms with van der Waals surface area (Å²) in [4.78, 5) is 41.8. The van der Waals surface area contributed by atoms with Gasteiger partial charge in [-0.25, -0.2) is 9.71 Å². The average molecular weight is 905 g/mol. The van der Waals surface area contributed by atoms with Crippen molar-refractivity contribution in [2.45, 2.75) is 102 Å². The number of hydrogen-bond donors (Lipinski definition) is 3. The quantitative estimate of drug-likeness (QED) is 0.0753. The van der Waals surface area contributed by atoms with Gasteiger partial charge in [-0.15, -0.1) is 0 Å². The smallest absolute Gasteiger partial charge is 0.388 e. The molecular weight excluding hydrogens is 845 g/mol. The van der Waals surface area contributed by atoms with E-state index in [0.29, 0.717) is 42.4 Å². The number of carbonyl (C=O) groups excluding carboxylic acids is 1. The number of pyridine rings is 2. The molecular formula is C49H60N8O7S. The molecule has 2 saturated carbocycles. The Kier molecular flexibility index (Phi) is 12.4. The molecule has 15 nitrogen and oxygen atoms in total. The fraction of sp³-hybridized carbons (Fsp3) is 0.490. The highest BCUT2D eigenvalue weighted by Gasteiger charge is 2.50. The lowest BCUT2D eigenvalue weighted by atomic mass is 9.59. The Labute approximate surface area is 380 Å². The average Bonchev–Trinajstić information content (AvgIpc) is 3.76. The first-order valence-corrected chi connectivity index (χ1v) is 24.5. The zero-order chi connectivity index (χ0) is 45.5. The number of H-pyrrole nitrogens is 1. The summed E-state index contributed by atoms with van der Waals surface area (Å²) in [5.41, 5.74) is 4.91. The Morgan fingerprint density at radius 1 is 1.02 bits per heavy atom. The number of carbonyl (C=O) groups is 1. The lowest BCUT2D eigenvalue weighted by Gasteiger charge is -2.57. The van der Waals surface area contributed by atoms with Crippen molar-refractivity contribution >= 4 is 44.2 Å². The Bertz CT molecular complexity index is 2660. The van der Waals surface area contributed by atoms with E-state index in [2.05, 4.69) is 86.8 Å². The molecule has 65 heavy (non-hydrogen) atoms. The highest BCUT2D eigenvalue weighted by Crippen LogP contribution is 2.53. The van der Waals surface area contributed by atoms with Gasteiger partial charge in [0, 0.05) is 61.6 Å². The largest absolute Gasteiger partial charge is 0.455 e. The van der Waals surface area contributed by atoms with Crippen LogP contribution < -0.4 is 19.7 Å². The van der Waals surface area contributed by atoms with Crippen LogP contribution in [-0.4, -0.2) is 84.5 Å². The van der Waals surface area contributed by atoms with Crippen molar-refractivity contribution < 1.29 is 27.6 Å². The summed E-state index contributed by atoms with van der Waals surface area (Å²) in [6.45, 7) is 13.5. The lowest BCUT2D eigenvalue weighted by molar-refractivity contribution is -0.389. The zero-order valence-electron chi connectivity index (χ0n) is 37.7. The van der Waals surface area contributed by atoms with E-state index in [4.69, 9.17) is 9.47 Å². The molecule has 9 rings (SSSR count). The maximum atomic E-state index is 14.0. The van der Waals surface area contributed by atoms with Gasteiger partial charge in [-0.05, 0) is 125 Å². The van der Waals surface area contributed by atoms with Crippen LogP contribution >= 0.6 is 0 Å². The molecule has 0 unspecified atom stereocenters. The third kappa shape index (κ3) is 9.57. The second-order valence-corrected chi connectivity index (χ2v) is 21.4. The molecule has 4 aliphatic rings. The summed E-state index contributed by atoms with van der Waals surface area (Å²) < 4.78 is 41.9. The lowest BCUT2D eigenvalue weighted by Crippen LogP contribution is -2.58. The third-order valence-electron chi connectivity index (χ3n) is 14.5. The summed E-state index contributed by atoms with van der Waals surface area (Å²) in [7, 11) is -4.65. The molecule has 2 aromatic carbocycles. The van der Waals surface area contributed by atoms with Gasteiger partial charge >= 0.3 is 15.8 Å². The van der Waals surface area contributed by atoms with E-state index in [1.54, 1.807) is 24.4 Å². The summed E-state index contributed by atoms with van der Waals surface area (Å²) in [6, 6.07) is 20.9. The first-order chi connectivity index (χ1) is 31.2. The number of fused-ring (bicyclic) bond motifs is 1. The molecule has 2 aliphatic carbocycles. The number of nitrogens with one attached hydrogen (secondary N) is 3. The number of rotatable bonds is 13. The van der Waals surface area contributed by atoms with Crippen LogP contribution in [0.3, 0.4) is 0 Å². The van der Waals surface area contributed by atoms with E-state index < -0.39 is 31.7 Å². The second kappa shape index (κ2) is 18.0. The van der Waals surface area contributed by atoms with Crippen molar-refractivity contribution in [2.75, 3.05) is 49.6 Å². The van der Waals surface area contributed by atoms with Crippen molar-refractivity contribution in [3.05, 3.63) is 106 Å². The molecule has 5 aromatic rings. The normalized spacial score (nSPS) is 20.4. The molecule has 2 saturated heterocycles. The van der Waals surface area contributed by atoms with Gasteiger partial charge in [0.05, 0.1) is 31.0 Å². The van der Waals surface area contributed by atoms with Gasteiger partial charge in [0.25, 0.3) is 10.9 Å². The van der Waals surface area contributed by atoms with Crippen LogP contribution in [0.1, 0.15) is 113 Å². The van der Waals surface area contributed by atoms with Gasteiger partial charge in [0.1, 0.15) is 22.8 Å². The zero-order valence-corrected chi connectivity index (χ0v) is 38.5. The minimum absolute atomic E-state index is 0.0376. The number of morpholine rings is 1. The minimum Gasteiger partial charge on any atom is -0.455 e. The van der Waals surface area contributed by atoms with Gasteiger partial charge in [-0.3, -0.25) is 9.69 Å². The van der Waals surface area contributed by atoms with Crippen LogP contribution in [0.5, 0.6) is 11.5 Å². The number of piperidine rings is 1. The van der Waals surface area contributed by atoms with E-state index >= 15 is 0 Å². The highest BCUT2D eigenvalue weighted by atomic mass is 32.2. The molecule has 0 radical (unpaired) electrons. The standard InChI is InChI=1S/C49H60N8O7S/c1-32(2)38-7-5-6-8-39(38)42-31-63-24-23-56(42)36-27-49(28-36)18-21-55(22-19-49)35-9-10-40(43(26-35)64-37-25-34-15-20-50-45(34)52-30-37)47(58)54-65(61,62)44-12-11-41(46(53-44)57(59)60)51-29-33-13-16-48(3,4)17-14-33/h5-12,15,20,25-26,30,32-33,36,42,51H,13-14,16-19,21-24,27-29,31H2,1-4H3,(H,50,52)(H,54,58)/t42-/m0/s1. The number of sulfonamides is 1. The van der Waals surface area contributed by atoms with Crippen molar-refractivity contribution in [1.29, 1.82) is 0 Å². The maximum absolute atomic E-state index is 14.0. The van der Waals surface area contributed by atoms with Gasteiger partial charge in [0.2, 0.25) is 0 Å². The fourth-order valence-corrected chi connectivity index (χ4v) is 11.5. The Morgan fingerprint density at radius 2 is 1.78 bits per heavy atom. The van der Waals surface area contributed by atoms with Crippen molar-refractivity contribution in [3.63, 3.8) is 0 Å². The van der Waals surface area contributed by atoms with Crippen molar-refractivity contribution in [1.82, 2.24) is 24.6 Å². The number of amides is 1. The van der Waals surface area contributed by atoms with E-state index in [9.17, 15) is 23.3 Å². The summed E-state index contributed by atoms with van der Waals surface area (Å²) in [6.07, 6.45) is 11.8. The van der Waals surface area contributed by atoms with Gasteiger partial charge in [-0.1, -0.05) is 52.0 Å². The number of nitrogens with zero attached hydrogens (tertiary/aromatic N) is 5. The molecule has 16 heteroatoms. The number of aromatic nitrogens is 3. The molecule has 0 bridgehead atoms. The molecule has 1 amide bonds. The van der Waals surface area contributed by atoms with E-state index in [1.165, 1.54) is 29.5 Å². The minimum atomic E-state index is -4.65. The van der Waals surface area contributed by atoms with Gasteiger partial charge < -0.3 is 34.8 Å². The molecule has 3 aromatic heterocycles. The van der Waals surface area contributed by atoms with Crippen molar-refractivity contribution in [3.8, 4) is 11.5 Å². The molecule has 4 fully saturated rings. The summed E-state index contributed by atoms with van der Waals surface area (Å²) in [5, 5.41) is 15.4. The first kappa shape index (κ1) is 44.6. The number of hydrogen-bond acceptors (Lipinski definition) is 12. The summed E-state index contributed by atoms with van der Waals surface area (Å²) >= 11 is 0. The van der Waals surface area contributed by atoms with Crippen molar-refractivity contribution in [2.24, 2.45) is 16.7 Å². The van der Waals surface area contributed by atoms with Gasteiger partial charge in [0.15, 0.2) is 0 Å². The SMILES string of the molecule is CC(C)c1ccccc1[C@@H]1COCCN1C1CC2(CCN(c3ccc(C(=O)NS(=O)(=O)c4ccc(NCC5CCC(C)(C)CC5)c([N+](=O)[O-])n4)c(Oc4cnc5[nH]ccc5c4)c3)CC2)C1. The number of nitro groups is 1. The maximum Gasteiger partial charge on any atom is 0.388 e. The molecule has 3 N–H and O–H groups in total. The molecule has 1 atom stereocenters. The van der Waals surface area contributed by atoms with Crippen LogP contribution in [0, 0.1) is 26.9 Å². The Morgan fingerprint density at radius 3 is 2.54 bits per heavy atom. The third-order valence-corrected chi connectivity index (χ3v) is 15.8. The first-order valence-electron chi connectivity index (χ1n) is 23.0. The number of benzene rings is 2. The Hall–Kier alpha value is -5.58. The highest BCUT2D eigenvalue weighted by molar-refractivity contribution is 7.90. The van der Waals surface area contributed by atoms with Gasteiger partial charge in [-0.2, -0.15) is 8.42 Å². The second-order valence-electron chi connectivity index (χ2n) is 19.7. The van der Waals surface area contributed by atoms with Crippen LogP contribution in [0.2, 0.25) is 0 Å². The monoisotopic (exact) mass is 904 g/mol. The van der Waals surface area contributed by atoms with Crippen LogP contribution in [0.25, 0.3) is 11.0 Å². The fourth-order valence-electron chi connectivity index (χ4n) is 10.6. The van der Waals surface area contributed by atoms with Crippen LogP contribution in [-0.2, 0) is 14.8 Å².